The molecule has 1 saturated carbocycles. The first-order valence-corrected chi connectivity index (χ1v) is 7.94. The fourth-order valence-electron chi connectivity index (χ4n) is 3.38. The Morgan fingerprint density at radius 1 is 1.27 bits per heavy atom. The van der Waals surface area contributed by atoms with Crippen LogP contribution in [-0.4, -0.2) is 33.7 Å². The van der Waals surface area contributed by atoms with E-state index in [1.165, 1.54) is 18.3 Å². The van der Waals surface area contributed by atoms with Crippen molar-refractivity contribution in [3.63, 3.8) is 0 Å². The molecular weight excluding hydrogens is 350 g/mol. The lowest BCUT2D eigenvalue weighted by molar-refractivity contribution is -0.133. The molecule has 2 heterocycles. The van der Waals surface area contributed by atoms with Gasteiger partial charge in [0.25, 0.3) is 11.5 Å². The summed E-state index contributed by atoms with van der Waals surface area (Å²) < 4.78 is 39.8. The second kappa shape index (κ2) is 5.60. The predicted molar refractivity (Wildman–Crippen MR) is 84.0 cm³/mol. The van der Waals surface area contributed by atoms with Gasteiger partial charge in [0.1, 0.15) is 12.8 Å². The van der Waals surface area contributed by atoms with Crippen LogP contribution in [0.5, 0.6) is 0 Å². The molecule has 3 atom stereocenters. The second-order valence-corrected chi connectivity index (χ2v) is 6.33. The fraction of sp³-hybridized carbons (Fsp3) is 0.353. The van der Waals surface area contributed by atoms with Crippen molar-refractivity contribution in [2.45, 2.75) is 24.2 Å². The molecule has 0 unspecified atom stereocenters. The summed E-state index contributed by atoms with van der Waals surface area (Å²) in [5.41, 5.74) is -3.04. The Morgan fingerprint density at radius 2 is 2.00 bits per heavy atom. The summed E-state index contributed by atoms with van der Waals surface area (Å²) in [5.74, 6) is -5.04. The lowest BCUT2D eigenvalue weighted by Gasteiger charge is -2.22. The Bertz CT molecular complexity index is 971. The lowest BCUT2D eigenvalue weighted by atomic mass is 10.2. The van der Waals surface area contributed by atoms with E-state index in [0.29, 0.717) is 0 Å². The number of aromatic amines is 1. The number of fused-ring (bicyclic) bond motifs is 1. The summed E-state index contributed by atoms with van der Waals surface area (Å²) in [5, 5.41) is 0. The number of H-pyrrole nitrogens is 1. The Morgan fingerprint density at radius 3 is 2.69 bits per heavy atom. The maximum absolute atomic E-state index is 14.1. The number of hydrogen-bond acceptors (Lipinski definition) is 5. The molecule has 1 aromatic heterocycles. The maximum atomic E-state index is 14.1. The maximum Gasteiger partial charge on any atom is 0.338 e. The average molecular weight is 364 g/mol. The van der Waals surface area contributed by atoms with E-state index in [-0.39, 0.29) is 12.0 Å². The molecule has 1 saturated heterocycles. The van der Waals surface area contributed by atoms with E-state index in [0.717, 1.165) is 10.6 Å². The zero-order chi connectivity index (χ0) is 18.5. The quantitative estimate of drug-likeness (QED) is 0.827. The van der Waals surface area contributed by atoms with Gasteiger partial charge in [0, 0.05) is 18.7 Å². The number of esters is 1. The number of hydrogen-bond donors (Lipinski definition) is 1. The van der Waals surface area contributed by atoms with Crippen molar-refractivity contribution in [2.75, 3.05) is 6.61 Å². The number of nitrogens with zero attached hydrogens (tertiary/aromatic N) is 1. The number of benzene rings is 1. The lowest BCUT2D eigenvalue weighted by Crippen LogP contribution is -2.36. The Balaban J connectivity index is 1.51. The molecule has 0 amide bonds. The number of nitrogens with one attached hydrogen (secondary N) is 1. The first-order chi connectivity index (χ1) is 12.3. The van der Waals surface area contributed by atoms with Crippen LogP contribution in [-0.2, 0) is 9.47 Å². The van der Waals surface area contributed by atoms with Gasteiger partial charge in [-0.2, -0.15) is 0 Å². The highest BCUT2D eigenvalue weighted by molar-refractivity contribution is 5.89. The Hall–Kier alpha value is -2.81. The number of carbonyl (C=O) groups excluding carboxylic acids is 1. The predicted octanol–water partition coefficient (Wildman–Crippen LogP) is 1.32. The summed E-state index contributed by atoms with van der Waals surface area (Å²) >= 11 is 0. The zero-order valence-corrected chi connectivity index (χ0v) is 13.4. The minimum atomic E-state index is -3.15. The molecule has 7 nitrogen and oxygen atoms in total. The molecule has 0 bridgehead atoms. The number of ether oxygens (including phenoxy) is 2. The van der Waals surface area contributed by atoms with E-state index in [1.807, 2.05) is 4.98 Å². The molecule has 2 fully saturated rings. The first-order valence-electron chi connectivity index (χ1n) is 7.94. The van der Waals surface area contributed by atoms with Crippen LogP contribution in [0.15, 0.2) is 52.2 Å². The van der Waals surface area contributed by atoms with Crippen molar-refractivity contribution in [2.24, 2.45) is 5.92 Å². The fourth-order valence-corrected chi connectivity index (χ4v) is 3.38. The number of carbonyl (C=O) groups is 1. The second-order valence-electron chi connectivity index (χ2n) is 6.33. The molecule has 1 aliphatic carbocycles. The van der Waals surface area contributed by atoms with Gasteiger partial charge in [-0.25, -0.2) is 18.4 Å². The molecule has 136 valence electrons. The van der Waals surface area contributed by atoms with E-state index in [9.17, 15) is 23.2 Å². The summed E-state index contributed by atoms with van der Waals surface area (Å²) in [4.78, 5) is 37.0. The molecular formula is C17H14F2N2O5. The van der Waals surface area contributed by atoms with Crippen molar-refractivity contribution in [3.05, 3.63) is 69.0 Å². The van der Waals surface area contributed by atoms with Crippen LogP contribution in [0.1, 0.15) is 23.0 Å². The van der Waals surface area contributed by atoms with E-state index in [2.05, 4.69) is 0 Å². The molecule has 4 rings (SSSR count). The molecule has 0 radical (unpaired) electrons. The number of halogens is 2. The van der Waals surface area contributed by atoms with Gasteiger partial charge in [0.15, 0.2) is 5.60 Å². The van der Waals surface area contributed by atoms with Crippen LogP contribution < -0.4 is 11.2 Å². The summed E-state index contributed by atoms with van der Waals surface area (Å²) in [7, 11) is 0. The van der Waals surface area contributed by atoms with E-state index in [4.69, 9.17) is 9.47 Å². The largest absolute Gasteiger partial charge is 0.459 e. The van der Waals surface area contributed by atoms with Gasteiger partial charge in [0.05, 0.1) is 11.5 Å². The number of aromatic nitrogens is 2. The third-order valence-electron chi connectivity index (χ3n) is 4.85. The van der Waals surface area contributed by atoms with E-state index >= 15 is 0 Å². The Labute approximate surface area is 145 Å². The van der Waals surface area contributed by atoms with E-state index in [1.54, 1.807) is 18.2 Å². The molecule has 1 aliphatic heterocycles. The van der Waals surface area contributed by atoms with Gasteiger partial charge in [0.2, 0.25) is 0 Å². The minimum absolute atomic E-state index is 0.123. The molecule has 2 aromatic rings. The van der Waals surface area contributed by atoms with Gasteiger partial charge < -0.3 is 9.47 Å². The zero-order valence-electron chi connectivity index (χ0n) is 13.4. The third kappa shape index (κ3) is 2.38. The van der Waals surface area contributed by atoms with Crippen molar-refractivity contribution >= 4 is 5.97 Å². The normalized spacial score (nSPS) is 28.4. The standard InChI is InChI=1S/C17H14F2N2O5/c18-17(19)11-8-13(21-7-6-12(22)20-15(21)24)26-16(11,17)9-25-14(23)10-4-2-1-3-5-10/h1-7,11,13H,8-9H2,(H,20,22,24)/t11-,13+,16+/m0/s1. The monoisotopic (exact) mass is 364 g/mol. The van der Waals surface area contributed by atoms with Crippen molar-refractivity contribution < 1.29 is 23.0 Å². The highest BCUT2D eigenvalue weighted by Crippen LogP contribution is 2.69. The van der Waals surface area contributed by atoms with Gasteiger partial charge in [-0.1, -0.05) is 18.2 Å². The number of alkyl halides is 2. The van der Waals surface area contributed by atoms with Crippen LogP contribution in [0.2, 0.25) is 0 Å². The number of rotatable bonds is 4. The SMILES string of the molecule is O=C(OC[C@@]12O[C@@H](n3ccc(=O)[nH]c3=O)C[C@@H]1C2(F)F)c1ccccc1. The van der Waals surface area contributed by atoms with Crippen LogP contribution in [0.4, 0.5) is 8.78 Å². The molecule has 2 aliphatic rings. The summed E-state index contributed by atoms with van der Waals surface area (Å²) in [6.45, 7) is -0.618. The summed E-state index contributed by atoms with van der Waals surface area (Å²) in [6.07, 6.45) is 0.111. The van der Waals surface area contributed by atoms with Crippen molar-refractivity contribution in [1.29, 1.82) is 0 Å². The van der Waals surface area contributed by atoms with Crippen molar-refractivity contribution in [1.82, 2.24) is 9.55 Å². The third-order valence-corrected chi connectivity index (χ3v) is 4.85. The van der Waals surface area contributed by atoms with Gasteiger partial charge >= 0.3 is 11.7 Å². The highest BCUT2D eigenvalue weighted by Gasteiger charge is 2.86. The van der Waals surface area contributed by atoms with Crippen LogP contribution in [0, 0.1) is 5.92 Å². The minimum Gasteiger partial charge on any atom is -0.459 e. The van der Waals surface area contributed by atoms with Crippen molar-refractivity contribution in [3.8, 4) is 0 Å². The molecule has 26 heavy (non-hydrogen) atoms. The topological polar surface area (TPSA) is 90.4 Å². The average Bonchev–Trinajstić information content (AvgIpc) is 2.93. The molecule has 1 N–H and O–H groups in total. The molecule has 0 spiro atoms. The first kappa shape index (κ1) is 16.6. The van der Waals surface area contributed by atoms with Gasteiger partial charge in [-0.3, -0.25) is 14.3 Å². The highest BCUT2D eigenvalue weighted by atomic mass is 19.3. The van der Waals surface area contributed by atoms with Gasteiger partial charge in [-0.15, -0.1) is 0 Å². The van der Waals surface area contributed by atoms with Crippen LogP contribution in [0.3, 0.4) is 0 Å². The Kier molecular flexibility index (Phi) is 3.58. The molecule has 1 aromatic carbocycles. The van der Waals surface area contributed by atoms with Gasteiger partial charge in [-0.05, 0) is 12.1 Å². The smallest absolute Gasteiger partial charge is 0.338 e. The van der Waals surface area contributed by atoms with Crippen LogP contribution >= 0.6 is 0 Å². The van der Waals surface area contributed by atoms with E-state index < -0.39 is 47.5 Å². The van der Waals surface area contributed by atoms with Crippen LogP contribution in [0.25, 0.3) is 0 Å². The molecule has 9 heteroatoms. The summed E-state index contributed by atoms with van der Waals surface area (Å²) in [6, 6.07) is 9.12.